The number of aromatic nitrogens is 2. The zero-order chi connectivity index (χ0) is 30.9. The third kappa shape index (κ3) is 4.79. The summed E-state index contributed by atoms with van der Waals surface area (Å²) in [5.74, 6) is 0.915. The van der Waals surface area contributed by atoms with E-state index in [1.807, 2.05) is 84.9 Å². The number of hydrogen-bond donors (Lipinski definition) is 2. The van der Waals surface area contributed by atoms with Crippen LogP contribution in [0.5, 0.6) is 11.5 Å². The van der Waals surface area contributed by atoms with Crippen LogP contribution in [-0.4, -0.2) is 47.2 Å². The van der Waals surface area contributed by atoms with Crippen LogP contribution in [-0.2, 0) is 15.1 Å². The van der Waals surface area contributed by atoms with Crippen molar-refractivity contribution >= 4 is 0 Å². The number of benzene rings is 3. The van der Waals surface area contributed by atoms with Gasteiger partial charge in [-0.15, -0.1) is 0 Å². The molecule has 44 heavy (non-hydrogen) atoms. The molecule has 2 N–H and O–H groups in total. The van der Waals surface area contributed by atoms with Crippen LogP contribution in [0.2, 0.25) is 0 Å². The molecule has 2 bridgehead atoms. The predicted molar refractivity (Wildman–Crippen MR) is 165 cm³/mol. The molecule has 9 heteroatoms. The molecule has 3 aromatic carbocycles. The quantitative estimate of drug-likeness (QED) is 0.263. The molecule has 4 aromatic rings. The first-order chi connectivity index (χ1) is 21.4. The Morgan fingerprint density at radius 3 is 2.09 bits per heavy atom. The topological polar surface area (TPSA) is 112 Å². The number of allylic oxidation sites excluding steroid dienone is 1. The Balaban J connectivity index is 1.50. The number of aliphatic hydroxyl groups excluding tert-OH is 1. The number of rotatable bonds is 10. The molecule has 226 valence electrons. The summed E-state index contributed by atoms with van der Waals surface area (Å²) in [6, 6.07) is 26.4. The van der Waals surface area contributed by atoms with Gasteiger partial charge in [0.1, 0.15) is 28.9 Å². The predicted octanol–water partition coefficient (Wildman–Crippen LogP) is 4.32. The molecule has 4 atom stereocenters. The van der Waals surface area contributed by atoms with Gasteiger partial charge in [-0.1, -0.05) is 73.3 Å². The van der Waals surface area contributed by atoms with E-state index in [0.29, 0.717) is 23.5 Å². The van der Waals surface area contributed by atoms with Crippen molar-refractivity contribution in [1.82, 2.24) is 9.55 Å². The highest BCUT2D eigenvalue weighted by molar-refractivity contribution is 5.50. The van der Waals surface area contributed by atoms with Gasteiger partial charge in [-0.25, -0.2) is 4.79 Å². The summed E-state index contributed by atoms with van der Waals surface area (Å²) in [4.78, 5) is 26.9. The molecular weight excluding hydrogens is 560 g/mol. The van der Waals surface area contributed by atoms with E-state index < -0.39 is 40.7 Å². The maximum Gasteiger partial charge on any atom is 0.330 e. The summed E-state index contributed by atoms with van der Waals surface area (Å²) in [5.41, 5.74) is -0.493. The number of aliphatic hydroxyl groups is 1. The normalized spacial score (nSPS) is 22.7. The zero-order valence-electron chi connectivity index (χ0n) is 24.5. The molecule has 1 aliphatic carbocycles. The van der Waals surface area contributed by atoms with Crippen LogP contribution in [0.15, 0.2) is 125 Å². The fourth-order valence-corrected chi connectivity index (χ4v) is 6.43. The molecule has 0 unspecified atom stereocenters. The lowest BCUT2D eigenvalue weighted by atomic mass is 9.76. The number of aromatic amines is 1. The average Bonchev–Trinajstić information content (AvgIpc) is 3.22. The minimum absolute atomic E-state index is 0.0932. The summed E-state index contributed by atoms with van der Waals surface area (Å²) >= 11 is 0. The number of hydrogen-bond acceptors (Lipinski definition) is 7. The molecule has 0 saturated carbocycles. The number of H-pyrrole nitrogens is 1. The van der Waals surface area contributed by atoms with Crippen LogP contribution in [0, 0.1) is 5.92 Å². The van der Waals surface area contributed by atoms with E-state index in [1.54, 1.807) is 20.3 Å². The summed E-state index contributed by atoms with van der Waals surface area (Å²) in [6.07, 6.45) is 3.58. The first kappa shape index (κ1) is 29.4. The minimum atomic E-state index is -1.36. The monoisotopic (exact) mass is 594 g/mol. The summed E-state index contributed by atoms with van der Waals surface area (Å²) < 4.78 is 26.0. The average molecular weight is 595 g/mol. The largest absolute Gasteiger partial charge is 0.497 e. The zero-order valence-corrected chi connectivity index (χ0v) is 24.5. The molecular formula is C35H34N2O7. The van der Waals surface area contributed by atoms with Gasteiger partial charge in [0.25, 0.3) is 5.56 Å². The second-order valence-corrected chi connectivity index (χ2v) is 10.9. The van der Waals surface area contributed by atoms with Gasteiger partial charge in [0.2, 0.25) is 0 Å². The first-order valence-corrected chi connectivity index (χ1v) is 14.4. The Morgan fingerprint density at radius 2 is 1.55 bits per heavy atom. The number of nitrogens with zero attached hydrogens (tertiary/aromatic N) is 1. The maximum atomic E-state index is 12.8. The molecule has 0 amide bonds. The van der Waals surface area contributed by atoms with Gasteiger partial charge in [-0.05, 0) is 52.9 Å². The van der Waals surface area contributed by atoms with Crippen LogP contribution >= 0.6 is 0 Å². The molecule has 9 nitrogen and oxygen atoms in total. The molecule has 1 fully saturated rings. The Hall–Kier alpha value is -4.70. The molecule has 0 spiro atoms. The lowest BCUT2D eigenvalue weighted by Gasteiger charge is -2.42. The molecule has 2 aliphatic rings. The van der Waals surface area contributed by atoms with Crippen molar-refractivity contribution in [2.45, 2.75) is 30.0 Å². The number of methoxy groups -OCH3 is 2. The smallest absolute Gasteiger partial charge is 0.330 e. The maximum absolute atomic E-state index is 12.8. The van der Waals surface area contributed by atoms with E-state index in [1.165, 1.54) is 16.8 Å². The van der Waals surface area contributed by atoms with Crippen molar-refractivity contribution in [2.75, 3.05) is 20.8 Å². The van der Waals surface area contributed by atoms with Crippen LogP contribution in [0.1, 0.15) is 29.3 Å². The SMILES string of the molecule is C=CC1=CC[C@H]2[C@H](n3ccc(=O)[nH]c3=O)O[C@]1(COC(c1ccccc1)(c1ccc(OC)cc1)c1ccc(OC)cc1)[C@H]2O. The molecule has 0 radical (unpaired) electrons. The number of ether oxygens (including phenoxy) is 4. The third-order valence-corrected chi connectivity index (χ3v) is 8.70. The van der Waals surface area contributed by atoms with Gasteiger partial charge in [0.15, 0.2) is 0 Å². The second kappa shape index (κ2) is 11.8. The highest BCUT2D eigenvalue weighted by atomic mass is 16.6. The van der Waals surface area contributed by atoms with Crippen LogP contribution in [0.4, 0.5) is 0 Å². The first-order valence-electron chi connectivity index (χ1n) is 14.4. The summed E-state index contributed by atoms with van der Waals surface area (Å²) in [6.45, 7) is 3.91. The lowest BCUT2D eigenvalue weighted by Crippen LogP contribution is -2.51. The lowest BCUT2D eigenvalue weighted by molar-refractivity contribution is -0.140. The molecule has 1 saturated heterocycles. The van der Waals surface area contributed by atoms with Crippen molar-refractivity contribution < 1.29 is 24.1 Å². The number of fused-ring (bicyclic) bond motifs is 2. The summed E-state index contributed by atoms with van der Waals surface area (Å²) in [7, 11) is 3.23. The minimum Gasteiger partial charge on any atom is -0.497 e. The van der Waals surface area contributed by atoms with Crippen LogP contribution < -0.4 is 20.7 Å². The van der Waals surface area contributed by atoms with E-state index in [2.05, 4.69) is 11.6 Å². The van der Waals surface area contributed by atoms with Crippen molar-refractivity contribution in [3.8, 4) is 11.5 Å². The highest BCUT2D eigenvalue weighted by Crippen LogP contribution is 2.52. The van der Waals surface area contributed by atoms with Gasteiger partial charge in [-0.2, -0.15) is 0 Å². The van der Waals surface area contributed by atoms with Crippen molar-refractivity contribution in [3.05, 3.63) is 153 Å². The fraction of sp³-hybridized carbons (Fsp3) is 0.257. The van der Waals surface area contributed by atoms with E-state index in [4.69, 9.17) is 18.9 Å². The second-order valence-electron chi connectivity index (χ2n) is 10.9. The third-order valence-electron chi connectivity index (χ3n) is 8.70. The fourth-order valence-electron chi connectivity index (χ4n) is 6.43. The van der Waals surface area contributed by atoms with Crippen LogP contribution in [0.3, 0.4) is 0 Å². The standard InChI is InChI=1S/C35H34N2O7/c1-4-23-14-19-29-31(39)34(23,44-32(29)37-21-20-30(38)36-33(37)40)22-43-35(24-8-6-5-7-9-24,25-10-15-27(41-2)16-11-25)26-12-17-28(42-3)18-13-26/h4-18,20-21,29,31-32,39H,1,19,22H2,2-3H3,(H,36,38,40)/t29-,31+,32-,34+/m1/s1. The molecule has 1 aliphatic heterocycles. The Labute approximate surface area is 254 Å². The van der Waals surface area contributed by atoms with Crippen molar-refractivity contribution in [3.63, 3.8) is 0 Å². The van der Waals surface area contributed by atoms with Crippen LogP contribution in [0.25, 0.3) is 0 Å². The van der Waals surface area contributed by atoms with E-state index in [0.717, 1.165) is 16.7 Å². The molecule has 6 rings (SSSR count). The van der Waals surface area contributed by atoms with Gasteiger partial charge in [-0.3, -0.25) is 14.3 Å². The van der Waals surface area contributed by atoms with Gasteiger partial charge in [0.05, 0.1) is 26.9 Å². The number of nitrogens with one attached hydrogen (secondary N) is 1. The molecule has 2 heterocycles. The molecule has 1 aromatic heterocycles. The van der Waals surface area contributed by atoms with E-state index >= 15 is 0 Å². The highest BCUT2D eigenvalue weighted by Gasteiger charge is 2.59. The summed E-state index contributed by atoms with van der Waals surface area (Å²) in [5, 5.41) is 11.9. The van der Waals surface area contributed by atoms with Gasteiger partial charge in [0, 0.05) is 18.2 Å². The van der Waals surface area contributed by atoms with Gasteiger partial charge < -0.3 is 24.1 Å². The van der Waals surface area contributed by atoms with E-state index in [-0.39, 0.29) is 6.61 Å². The Kier molecular flexibility index (Phi) is 7.85. The van der Waals surface area contributed by atoms with Crippen molar-refractivity contribution in [2.24, 2.45) is 5.92 Å². The Morgan fingerprint density at radius 1 is 0.955 bits per heavy atom. The Bertz CT molecular complexity index is 1730. The van der Waals surface area contributed by atoms with Gasteiger partial charge >= 0.3 is 5.69 Å². The van der Waals surface area contributed by atoms with E-state index in [9.17, 15) is 14.7 Å². The van der Waals surface area contributed by atoms with Crippen molar-refractivity contribution in [1.29, 1.82) is 0 Å².